The van der Waals surface area contributed by atoms with Crippen LogP contribution in [0.5, 0.6) is 0 Å². The highest BCUT2D eigenvalue weighted by atomic mass is 127. The number of nitrogens with zero attached hydrogens (tertiary/aromatic N) is 1. The first-order chi connectivity index (χ1) is 19.4. The predicted molar refractivity (Wildman–Crippen MR) is 160 cm³/mol. The van der Waals surface area contributed by atoms with Crippen LogP contribution in [0.1, 0.15) is 36.6 Å². The van der Waals surface area contributed by atoms with Gasteiger partial charge < -0.3 is 14.8 Å². The van der Waals surface area contributed by atoms with E-state index in [9.17, 15) is 14.4 Å². The second-order valence-electron chi connectivity index (χ2n) is 9.34. The van der Waals surface area contributed by atoms with Crippen molar-refractivity contribution < 1.29 is 23.9 Å². The number of likely N-dealkylation sites (tertiary alicyclic amines) is 1. The molecule has 3 aromatic carbocycles. The van der Waals surface area contributed by atoms with Gasteiger partial charge in [0.1, 0.15) is 12.3 Å². The molecule has 4 rings (SSSR count). The van der Waals surface area contributed by atoms with Crippen molar-refractivity contribution in [3.63, 3.8) is 0 Å². The van der Waals surface area contributed by atoms with Crippen molar-refractivity contribution in [3.8, 4) is 9.85 Å². The summed E-state index contributed by atoms with van der Waals surface area (Å²) < 4.78 is 14.7. The minimum Gasteiger partial charge on any atom is -0.448 e. The fourth-order valence-electron chi connectivity index (χ4n) is 4.46. The molecule has 2 unspecified atom stereocenters. The van der Waals surface area contributed by atoms with Gasteiger partial charge >= 0.3 is 5.97 Å². The van der Waals surface area contributed by atoms with Crippen LogP contribution in [0.15, 0.2) is 102 Å². The Balaban J connectivity index is 1.57. The number of hydrogen-bond donors (Lipinski definition) is 1. The van der Waals surface area contributed by atoms with Gasteiger partial charge in [-0.05, 0) is 40.0 Å². The third-order valence-corrected chi connectivity index (χ3v) is 6.68. The molecule has 0 aromatic heterocycles. The lowest BCUT2D eigenvalue weighted by Gasteiger charge is -2.46. The van der Waals surface area contributed by atoms with Crippen LogP contribution in [0.3, 0.4) is 0 Å². The summed E-state index contributed by atoms with van der Waals surface area (Å²) in [5, 5.41) is 2.77. The number of carbonyl (C=O) groups is 3. The van der Waals surface area contributed by atoms with Crippen molar-refractivity contribution >= 4 is 40.4 Å². The highest BCUT2D eigenvalue weighted by Gasteiger charge is 2.53. The van der Waals surface area contributed by atoms with Crippen LogP contribution in [0.4, 0.5) is 0 Å². The molecule has 8 heteroatoms. The van der Waals surface area contributed by atoms with Gasteiger partial charge in [0.25, 0.3) is 5.91 Å². The van der Waals surface area contributed by atoms with E-state index in [0.29, 0.717) is 5.57 Å². The van der Waals surface area contributed by atoms with E-state index in [4.69, 9.17) is 9.47 Å². The van der Waals surface area contributed by atoms with Crippen LogP contribution in [0.25, 0.3) is 0 Å². The molecule has 1 saturated heterocycles. The van der Waals surface area contributed by atoms with E-state index in [1.54, 1.807) is 13.8 Å². The van der Waals surface area contributed by atoms with Crippen molar-refractivity contribution in [2.75, 3.05) is 6.61 Å². The van der Waals surface area contributed by atoms with Crippen molar-refractivity contribution in [3.05, 3.63) is 119 Å². The molecule has 0 saturated carbocycles. The lowest BCUT2D eigenvalue weighted by atomic mass is 9.99. The Morgan fingerprint density at radius 1 is 0.925 bits per heavy atom. The normalized spacial score (nSPS) is 15.9. The zero-order valence-corrected chi connectivity index (χ0v) is 24.3. The molecule has 2 amide bonds. The third-order valence-electron chi connectivity index (χ3n) is 6.30. The second kappa shape index (κ2) is 13.9. The Kier molecular flexibility index (Phi) is 10.1. The maximum absolute atomic E-state index is 13.7. The zero-order chi connectivity index (χ0) is 28.5. The van der Waals surface area contributed by atoms with Crippen LogP contribution in [0.2, 0.25) is 0 Å². The lowest BCUT2D eigenvalue weighted by Crippen LogP contribution is -2.71. The van der Waals surface area contributed by atoms with Crippen molar-refractivity contribution in [2.24, 2.45) is 0 Å². The summed E-state index contributed by atoms with van der Waals surface area (Å²) in [4.78, 5) is 41.2. The molecule has 2 atom stereocenters. The molecular formula is C32H29IN2O5. The summed E-state index contributed by atoms with van der Waals surface area (Å²) >= 11 is 1.90. The maximum Gasteiger partial charge on any atom is 0.356 e. The van der Waals surface area contributed by atoms with Gasteiger partial charge in [0.15, 0.2) is 18.4 Å². The number of β-lactam (4-membered cyclic amide) rings is 1. The monoisotopic (exact) mass is 648 g/mol. The van der Waals surface area contributed by atoms with Crippen LogP contribution >= 0.6 is 22.6 Å². The van der Waals surface area contributed by atoms with Gasteiger partial charge in [0.2, 0.25) is 5.91 Å². The van der Waals surface area contributed by atoms with E-state index in [0.717, 1.165) is 16.7 Å². The minimum atomic E-state index is -0.964. The van der Waals surface area contributed by atoms with Crippen LogP contribution in [0, 0.1) is 9.85 Å². The number of esters is 1. The standard InChI is InChI=1S/C32H29IN2O5/c1-22(2)28(32(38)40-29(24-15-8-4-9-16-24)25-17-10-5-11-18-25)35-30(37)27(31(35)39-20-12-19-33)34-26(36)21-23-13-6-3-7-14-23/h3-11,13-18,27,29,31H,20-21H2,1-2H3,(H,34,36). The number of ether oxygens (including phenoxy) is 2. The molecule has 0 radical (unpaired) electrons. The summed E-state index contributed by atoms with van der Waals surface area (Å²) in [5.74, 6) is 1.34. The summed E-state index contributed by atoms with van der Waals surface area (Å²) in [7, 11) is 0. The first-order valence-electron chi connectivity index (χ1n) is 12.8. The van der Waals surface area contributed by atoms with E-state index in [1.165, 1.54) is 4.90 Å². The van der Waals surface area contributed by atoms with Gasteiger partial charge in [-0.15, -0.1) is 0 Å². The Bertz CT molecular complexity index is 1390. The average molecular weight is 648 g/mol. The SMILES string of the molecule is CC(C)=C(C(=O)OC(c1ccccc1)c1ccccc1)N1C(=O)C(NC(=O)Cc2ccccc2)C1OCC#CI. The first kappa shape index (κ1) is 29.1. The van der Waals surface area contributed by atoms with E-state index in [2.05, 4.69) is 15.2 Å². The fourth-order valence-corrected chi connectivity index (χ4v) is 4.61. The molecule has 1 fully saturated rings. The largest absolute Gasteiger partial charge is 0.448 e. The molecule has 7 nitrogen and oxygen atoms in total. The molecule has 0 aliphatic carbocycles. The number of allylic oxidation sites excluding steroid dienone is 1. The Hall–Kier alpha value is -3.94. The number of amides is 2. The van der Waals surface area contributed by atoms with Gasteiger partial charge in [-0.2, -0.15) is 0 Å². The number of rotatable bonds is 10. The maximum atomic E-state index is 13.7. The highest BCUT2D eigenvalue weighted by Crippen LogP contribution is 2.32. The summed E-state index contributed by atoms with van der Waals surface area (Å²) in [6.07, 6.45) is -1.50. The van der Waals surface area contributed by atoms with Crippen LogP contribution in [-0.2, 0) is 30.3 Å². The lowest BCUT2D eigenvalue weighted by molar-refractivity contribution is -0.180. The van der Waals surface area contributed by atoms with E-state index in [1.807, 2.05) is 114 Å². The Labute approximate surface area is 247 Å². The van der Waals surface area contributed by atoms with Gasteiger partial charge in [-0.3, -0.25) is 14.5 Å². The number of benzene rings is 3. The summed E-state index contributed by atoms with van der Waals surface area (Å²) in [5.41, 5.74) is 3.05. The van der Waals surface area contributed by atoms with Crippen molar-refractivity contribution in [1.82, 2.24) is 10.2 Å². The number of nitrogens with one attached hydrogen (secondary N) is 1. The zero-order valence-electron chi connectivity index (χ0n) is 22.2. The molecule has 1 aliphatic rings. The van der Waals surface area contributed by atoms with Gasteiger partial charge in [-0.1, -0.05) is 96.9 Å². The number of halogens is 1. The number of hydrogen-bond acceptors (Lipinski definition) is 5. The van der Waals surface area contributed by atoms with Gasteiger partial charge in [0, 0.05) is 22.6 Å². The fraction of sp³-hybridized carbons (Fsp3) is 0.219. The Morgan fingerprint density at radius 2 is 1.48 bits per heavy atom. The number of carbonyl (C=O) groups excluding carboxylic acids is 3. The van der Waals surface area contributed by atoms with Gasteiger partial charge in [-0.25, -0.2) is 4.79 Å². The average Bonchev–Trinajstić information content (AvgIpc) is 2.97. The van der Waals surface area contributed by atoms with Crippen molar-refractivity contribution in [1.29, 1.82) is 0 Å². The molecule has 1 N–H and O–H groups in total. The Morgan fingerprint density at radius 3 is 2.00 bits per heavy atom. The topological polar surface area (TPSA) is 84.9 Å². The highest BCUT2D eigenvalue weighted by molar-refractivity contribution is 14.1. The van der Waals surface area contributed by atoms with E-state index in [-0.39, 0.29) is 24.6 Å². The van der Waals surface area contributed by atoms with Crippen LogP contribution in [-0.4, -0.2) is 41.6 Å². The first-order valence-corrected chi connectivity index (χ1v) is 13.8. The quantitative estimate of drug-likeness (QED) is 0.111. The van der Waals surface area contributed by atoms with Crippen LogP contribution < -0.4 is 5.32 Å². The molecule has 40 heavy (non-hydrogen) atoms. The van der Waals surface area contributed by atoms with E-state index < -0.39 is 30.3 Å². The molecule has 0 bridgehead atoms. The molecule has 3 aromatic rings. The smallest absolute Gasteiger partial charge is 0.356 e. The van der Waals surface area contributed by atoms with Gasteiger partial charge in [0.05, 0.1) is 6.42 Å². The summed E-state index contributed by atoms with van der Waals surface area (Å²) in [6, 6.07) is 27.1. The predicted octanol–water partition coefficient (Wildman–Crippen LogP) is 4.92. The molecule has 1 aliphatic heterocycles. The minimum absolute atomic E-state index is 0.0180. The molecule has 0 spiro atoms. The molecule has 1 heterocycles. The third kappa shape index (κ3) is 6.97. The summed E-state index contributed by atoms with van der Waals surface area (Å²) in [6.45, 7) is 3.48. The van der Waals surface area contributed by atoms with E-state index >= 15 is 0 Å². The second-order valence-corrected chi connectivity index (χ2v) is 9.88. The van der Waals surface area contributed by atoms with Crippen molar-refractivity contribution in [2.45, 2.75) is 38.6 Å². The molecular weight excluding hydrogens is 619 g/mol. The molecule has 204 valence electrons.